The van der Waals surface area contributed by atoms with Gasteiger partial charge in [-0.05, 0) is 120 Å². The third-order valence-electron chi connectivity index (χ3n) is 15.0. The van der Waals surface area contributed by atoms with Crippen molar-refractivity contribution < 1.29 is 24.5 Å². The molecule has 2 aromatic rings. The summed E-state index contributed by atoms with van der Waals surface area (Å²) in [5, 5.41) is 27.7. The first-order valence-electron chi connectivity index (χ1n) is 19.1. The minimum Gasteiger partial charge on any atom is -0.392 e. The number of hydrogen-bond donors (Lipinski definition) is 3. The van der Waals surface area contributed by atoms with Crippen molar-refractivity contribution in [2.75, 3.05) is 7.05 Å². The summed E-state index contributed by atoms with van der Waals surface area (Å²) >= 11 is 0. The van der Waals surface area contributed by atoms with E-state index in [2.05, 4.69) is 83.1 Å². The molecule has 1 aromatic heterocycles. The van der Waals surface area contributed by atoms with Gasteiger partial charge in [-0.25, -0.2) is 0 Å². The number of Topliss-reactive ketones (excluding diaryl/α,β-unsaturated/α-hetero) is 1. The maximum atomic E-state index is 14.9. The first kappa shape index (κ1) is 34.8. The van der Waals surface area contributed by atoms with Crippen LogP contribution in [-0.4, -0.2) is 50.8 Å². The average molecular weight is 693 g/mol. The van der Waals surface area contributed by atoms with Gasteiger partial charge in [0.25, 0.3) is 0 Å². The number of allylic oxidation sites excluding steroid dienone is 3. The summed E-state index contributed by atoms with van der Waals surface area (Å²) in [7, 11) is 1.64. The molecule has 0 bridgehead atoms. The van der Waals surface area contributed by atoms with Crippen LogP contribution in [0.5, 0.6) is 0 Å². The number of fused-ring (bicyclic) bond motifs is 11. The zero-order chi connectivity index (χ0) is 37.0. The van der Waals surface area contributed by atoms with Gasteiger partial charge in [-0.2, -0.15) is 0 Å². The predicted octanol–water partition coefficient (Wildman–Crippen LogP) is 7.84. The highest BCUT2D eigenvalue weighted by molar-refractivity contribution is 6.18. The van der Waals surface area contributed by atoms with Gasteiger partial charge in [0.2, 0.25) is 5.91 Å². The van der Waals surface area contributed by atoms with E-state index in [4.69, 9.17) is 4.74 Å². The van der Waals surface area contributed by atoms with Crippen molar-refractivity contribution in [1.29, 1.82) is 0 Å². The molecule has 2 saturated carbocycles. The van der Waals surface area contributed by atoms with E-state index in [1.807, 2.05) is 26.0 Å². The van der Waals surface area contributed by atoms with E-state index >= 15 is 0 Å². The number of likely N-dealkylation sites (N-methyl/N-ethyl adjacent to an activating group) is 1. The molecule has 8 rings (SSSR count). The number of amides is 1. The van der Waals surface area contributed by atoms with Crippen LogP contribution in [0.3, 0.4) is 0 Å². The van der Waals surface area contributed by atoms with Gasteiger partial charge >= 0.3 is 0 Å². The lowest BCUT2D eigenvalue weighted by Gasteiger charge is -2.64. The van der Waals surface area contributed by atoms with E-state index in [9.17, 15) is 19.8 Å². The number of aromatic nitrogens is 1. The van der Waals surface area contributed by atoms with Crippen molar-refractivity contribution in [3.63, 3.8) is 0 Å². The van der Waals surface area contributed by atoms with Crippen molar-refractivity contribution in [3.05, 3.63) is 76.0 Å². The fourth-order valence-electron chi connectivity index (χ4n) is 12.8. The monoisotopic (exact) mass is 692 g/mol. The van der Waals surface area contributed by atoms with Gasteiger partial charge in [0.15, 0.2) is 5.78 Å². The van der Waals surface area contributed by atoms with E-state index in [0.29, 0.717) is 23.5 Å². The largest absolute Gasteiger partial charge is 0.392 e. The zero-order valence-corrected chi connectivity index (χ0v) is 32.2. The summed E-state index contributed by atoms with van der Waals surface area (Å²) in [5.74, 6) is 0.233. The third-order valence-corrected chi connectivity index (χ3v) is 15.0. The fraction of sp³-hybridized carbons (Fsp3) is 0.591. The standard InChI is InChI=1S/C44H56N2O5/c1-22(2)34-37(49)32-31-25(28-21-40(4,5)51-41(6,7)33(28)36(31)48)20-26-27-19-24-14-15-29-42(8,17-12-13-23(3)39(50)45-11)30(47)16-18-43(29,9)44(24,10)38(27)46(34)35(26)32/h12-13,17,20-21,24,29-30,33-34,36,47-48H,1,14-16,18-19H2,2-11H3,(H,45,50)/b17-12+,23-13+/t24?,29-,30-,33?,34-,36+,42-,43-,44+/m0/s1. The first-order valence-corrected chi connectivity index (χ1v) is 19.1. The number of aliphatic hydroxyl groups excluding tert-OH is 2. The summed E-state index contributed by atoms with van der Waals surface area (Å²) in [4.78, 5) is 27.1. The Bertz CT molecular complexity index is 2040. The Morgan fingerprint density at radius 2 is 1.78 bits per heavy atom. The molecule has 2 fully saturated rings. The van der Waals surface area contributed by atoms with E-state index in [-0.39, 0.29) is 34.4 Å². The molecule has 0 spiro atoms. The normalized spacial score (nSPS) is 38.6. The Balaban J connectivity index is 1.34. The lowest BCUT2D eigenvalue weighted by atomic mass is 9.40. The minimum atomic E-state index is -0.851. The molecule has 1 amide bonds. The first-order chi connectivity index (χ1) is 23.7. The minimum absolute atomic E-state index is 0.0353. The Kier molecular flexibility index (Phi) is 7.28. The van der Waals surface area contributed by atoms with Crippen LogP contribution in [0, 0.1) is 28.6 Å². The van der Waals surface area contributed by atoms with Crippen LogP contribution in [0.4, 0.5) is 0 Å². The molecule has 9 atom stereocenters. The molecule has 0 radical (unpaired) electrons. The van der Waals surface area contributed by atoms with Gasteiger partial charge in [-0.3, -0.25) is 9.59 Å². The van der Waals surface area contributed by atoms with Crippen LogP contribution in [0.15, 0.2) is 48.1 Å². The smallest absolute Gasteiger partial charge is 0.246 e. The molecule has 0 saturated heterocycles. The molecule has 2 aliphatic heterocycles. The highest BCUT2D eigenvalue weighted by atomic mass is 16.5. The number of benzene rings is 1. The van der Waals surface area contributed by atoms with Gasteiger partial charge in [-0.15, -0.1) is 0 Å². The van der Waals surface area contributed by atoms with Crippen LogP contribution >= 0.6 is 0 Å². The SMILES string of the molecule is C=C(C)[C@H]1C(=O)c2c3c(cc4c5c(n1c24)[C@@]1(C)C(CC[C@H]2[C@](C)(/C=C/C=C(\C)C(=O)NC)[C@@H](O)CC[C@@]21C)C5)C1=CC(C)(C)OC(C)(C)C1[C@@H]3O. The Morgan fingerprint density at radius 3 is 2.45 bits per heavy atom. The van der Waals surface area contributed by atoms with Crippen molar-refractivity contribution in [1.82, 2.24) is 9.88 Å². The number of ether oxygens (including phenoxy) is 1. The highest BCUT2D eigenvalue weighted by Gasteiger charge is 2.67. The second-order valence-corrected chi connectivity index (χ2v) is 18.6. The number of aliphatic hydroxyl groups is 2. The summed E-state index contributed by atoms with van der Waals surface area (Å²) in [6.45, 7) is 23.6. The Morgan fingerprint density at radius 1 is 1.08 bits per heavy atom. The van der Waals surface area contributed by atoms with Gasteiger partial charge in [0, 0.05) is 46.0 Å². The predicted molar refractivity (Wildman–Crippen MR) is 201 cm³/mol. The second-order valence-electron chi connectivity index (χ2n) is 18.6. The molecule has 7 nitrogen and oxygen atoms in total. The Hall–Kier alpha value is -3.26. The molecule has 6 aliphatic rings. The van der Waals surface area contributed by atoms with Gasteiger partial charge < -0.3 is 24.8 Å². The van der Waals surface area contributed by atoms with Crippen molar-refractivity contribution in [2.24, 2.45) is 28.6 Å². The number of ketones is 1. The number of hydrogen-bond acceptors (Lipinski definition) is 5. The summed E-state index contributed by atoms with van der Waals surface area (Å²) in [6.07, 6.45) is 11.3. The average Bonchev–Trinajstić information content (AvgIpc) is 3.71. The lowest BCUT2D eigenvalue weighted by molar-refractivity contribution is -0.144. The van der Waals surface area contributed by atoms with Crippen LogP contribution < -0.4 is 5.32 Å². The lowest BCUT2D eigenvalue weighted by Crippen LogP contribution is -2.62. The Labute approximate surface area is 302 Å². The molecular weight excluding hydrogens is 636 g/mol. The molecular formula is C44H56N2O5. The maximum Gasteiger partial charge on any atom is 0.246 e. The van der Waals surface area contributed by atoms with Gasteiger partial charge in [0.05, 0.1) is 34.5 Å². The van der Waals surface area contributed by atoms with E-state index < -0.39 is 34.9 Å². The molecule has 2 unspecified atom stereocenters. The number of rotatable bonds is 4. The maximum absolute atomic E-state index is 14.9. The van der Waals surface area contributed by atoms with Gasteiger partial charge in [0.1, 0.15) is 6.04 Å². The topological polar surface area (TPSA) is 101 Å². The van der Waals surface area contributed by atoms with E-state index in [1.165, 1.54) is 11.3 Å². The quantitative estimate of drug-likeness (QED) is 0.172. The van der Waals surface area contributed by atoms with Crippen molar-refractivity contribution in [2.45, 2.75) is 129 Å². The van der Waals surface area contributed by atoms with E-state index in [1.54, 1.807) is 7.05 Å². The number of nitrogens with zero attached hydrogens (tertiary/aromatic N) is 1. The van der Waals surface area contributed by atoms with Crippen molar-refractivity contribution in [3.8, 4) is 0 Å². The van der Waals surface area contributed by atoms with Crippen LogP contribution in [-0.2, 0) is 21.4 Å². The fourth-order valence-corrected chi connectivity index (χ4v) is 12.8. The second kappa shape index (κ2) is 10.7. The summed E-state index contributed by atoms with van der Waals surface area (Å²) in [6, 6.07) is 1.78. The number of nitrogens with one attached hydrogen (secondary N) is 1. The molecule has 51 heavy (non-hydrogen) atoms. The summed E-state index contributed by atoms with van der Waals surface area (Å²) in [5.41, 5.74) is 6.46. The highest BCUT2D eigenvalue weighted by Crippen LogP contribution is 2.71. The van der Waals surface area contributed by atoms with Gasteiger partial charge in [-0.1, -0.05) is 51.2 Å². The zero-order valence-electron chi connectivity index (χ0n) is 32.2. The summed E-state index contributed by atoms with van der Waals surface area (Å²) < 4.78 is 8.90. The third kappa shape index (κ3) is 4.23. The van der Waals surface area contributed by atoms with E-state index in [0.717, 1.165) is 58.9 Å². The molecule has 4 aliphatic carbocycles. The van der Waals surface area contributed by atoms with Crippen LogP contribution in [0.25, 0.3) is 16.5 Å². The molecule has 7 heteroatoms. The molecule has 272 valence electrons. The van der Waals surface area contributed by atoms with Crippen LogP contribution in [0.2, 0.25) is 0 Å². The molecule has 3 heterocycles. The number of carbonyl (C=O) groups excluding carboxylic acids is 2. The van der Waals surface area contributed by atoms with Crippen molar-refractivity contribution >= 4 is 28.2 Å². The van der Waals surface area contributed by atoms with Crippen LogP contribution in [0.1, 0.15) is 133 Å². The number of carbonyl (C=O) groups is 2. The molecule has 3 N–H and O–H groups in total. The molecule has 1 aromatic carbocycles.